The van der Waals surface area contributed by atoms with Crippen molar-refractivity contribution in [2.75, 3.05) is 0 Å². The average Bonchev–Trinajstić information content (AvgIpc) is 3.16. The van der Waals surface area contributed by atoms with Crippen molar-refractivity contribution >= 4 is 0 Å². The van der Waals surface area contributed by atoms with Gasteiger partial charge in [-0.1, -0.05) is 30.3 Å². The summed E-state index contributed by atoms with van der Waals surface area (Å²) in [6, 6.07) is 10.7. The minimum Gasteiger partial charge on any atom is -0.331 e. The molecule has 0 aliphatic carbocycles. The van der Waals surface area contributed by atoms with Crippen LogP contribution in [0.5, 0.6) is 0 Å². The largest absolute Gasteiger partial charge is 0.331 e. The fourth-order valence-corrected chi connectivity index (χ4v) is 3.09. The molecule has 0 radical (unpaired) electrons. The van der Waals surface area contributed by atoms with Crippen molar-refractivity contribution in [1.29, 1.82) is 0 Å². The van der Waals surface area contributed by atoms with Gasteiger partial charge in [0.1, 0.15) is 5.82 Å². The number of hydrogen-bond acceptors (Lipinski definition) is 3. The van der Waals surface area contributed by atoms with Crippen molar-refractivity contribution in [1.82, 2.24) is 24.3 Å². The molecule has 0 N–H and O–H groups in total. The molecule has 0 bridgehead atoms. The molecule has 106 valence electrons. The Labute approximate surface area is 123 Å². The third-order valence-electron chi connectivity index (χ3n) is 4.13. The standard InChI is InChI=1S/C16H17N5/c1-20-8-7-17-15(20)16-19-18-14-10-13(11-21(14)16)9-12-5-3-2-4-6-12/h2-8,13H,9-11H2,1H3. The molecule has 2 aromatic heterocycles. The van der Waals surface area contributed by atoms with Crippen LogP contribution in [0.3, 0.4) is 0 Å². The highest BCUT2D eigenvalue weighted by Crippen LogP contribution is 2.27. The van der Waals surface area contributed by atoms with Gasteiger partial charge in [0, 0.05) is 32.4 Å². The van der Waals surface area contributed by atoms with Crippen LogP contribution in [0.25, 0.3) is 11.6 Å². The van der Waals surface area contributed by atoms with Crippen molar-refractivity contribution in [3.05, 3.63) is 54.1 Å². The number of nitrogens with zero attached hydrogens (tertiary/aromatic N) is 5. The third-order valence-corrected chi connectivity index (χ3v) is 4.13. The summed E-state index contributed by atoms with van der Waals surface area (Å²) in [7, 11) is 1.99. The molecule has 5 nitrogen and oxygen atoms in total. The number of imidazole rings is 1. The summed E-state index contributed by atoms with van der Waals surface area (Å²) >= 11 is 0. The van der Waals surface area contributed by atoms with E-state index in [0.29, 0.717) is 5.92 Å². The van der Waals surface area contributed by atoms with E-state index in [9.17, 15) is 0 Å². The van der Waals surface area contributed by atoms with Crippen LogP contribution in [0, 0.1) is 5.92 Å². The third kappa shape index (κ3) is 2.14. The predicted octanol–water partition coefficient (Wildman–Crippen LogP) is 2.09. The summed E-state index contributed by atoms with van der Waals surface area (Å²) in [6.07, 6.45) is 5.82. The van der Waals surface area contributed by atoms with Crippen molar-refractivity contribution in [3.8, 4) is 11.6 Å². The van der Waals surface area contributed by atoms with E-state index in [1.807, 2.05) is 17.8 Å². The summed E-state index contributed by atoms with van der Waals surface area (Å²) in [5, 5.41) is 8.66. The summed E-state index contributed by atoms with van der Waals surface area (Å²) in [5.74, 6) is 3.44. The lowest BCUT2D eigenvalue weighted by Crippen LogP contribution is -2.08. The first-order valence-electron chi connectivity index (χ1n) is 7.25. The van der Waals surface area contributed by atoms with Gasteiger partial charge < -0.3 is 9.13 Å². The van der Waals surface area contributed by atoms with Gasteiger partial charge in [-0.05, 0) is 17.9 Å². The fraction of sp³-hybridized carbons (Fsp3) is 0.312. The van der Waals surface area contributed by atoms with Crippen molar-refractivity contribution in [2.24, 2.45) is 13.0 Å². The van der Waals surface area contributed by atoms with Crippen LogP contribution < -0.4 is 0 Å². The van der Waals surface area contributed by atoms with Gasteiger partial charge in [0.25, 0.3) is 0 Å². The Balaban J connectivity index is 1.58. The van der Waals surface area contributed by atoms with E-state index in [-0.39, 0.29) is 0 Å². The Morgan fingerprint density at radius 2 is 2.00 bits per heavy atom. The Hall–Kier alpha value is -2.43. The smallest absolute Gasteiger partial charge is 0.200 e. The van der Waals surface area contributed by atoms with Crippen LogP contribution in [0.1, 0.15) is 11.4 Å². The molecule has 1 aromatic carbocycles. The van der Waals surface area contributed by atoms with Crippen LogP contribution in [-0.2, 0) is 26.4 Å². The molecular formula is C16H17N5. The Morgan fingerprint density at radius 3 is 2.76 bits per heavy atom. The first kappa shape index (κ1) is 12.3. The number of hydrogen-bond donors (Lipinski definition) is 0. The van der Waals surface area contributed by atoms with Crippen molar-refractivity contribution in [2.45, 2.75) is 19.4 Å². The van der Waals surface area contributed by atoms with Crippen LogP contribution in [-0.4, -0.2) is 24.3 Å². The molecule has 5 heteroatoms. The highest BCUT2D eigenvalue weighted by molar-refractivity contribution is 5.45. The monoisotopic (exact) mass is 279 g/mol. The van der Waals surface area contributed by atoms with E-state index in [1.54, 1.807) is 6.20 Å². The summed E-state index contributed by atoms with van der Waals surface area (Å²) in [4.78, 5) is 4.38. The van der Waals surface area contributed by atoms with Crippen molar-refractivity contribution in [3.63, 3.8) is 0 Å². The minimum atomic E-state index is 0.594. The molecule has 4 rings (SSSR count). The number of fused-ring (bicyclic) bond motifs is 1. The maximum absolute atomic E-state index is 4.38. The molecule has 0 saturated heterocycles. The number of aromatic nitrogens is 5. The van der Waals surface area contributed by atoms with Crippen LogP contribution in [0.4, 0.5) is 0 Å². The van der Waals surface area contributed by atoms with Gasteiger partial charge in [-0.25, -0.2) is 4.98 Å². The normalized spacial score (nSPS) is 17.1. The Morgan fingerprint density at radius 1 is 1.14 bits per heavy atom. The molecule has 1 atom stereocenters. The first-order valence-corrected chi connectivity index (χ1v) is 7.25. The van der Waals surface area contributed by atoms with E-state index < -0.39 is 0 Å². The molecule has 0 fully saturated rings. The zero-order valence-electron chi connectivity index (χ0n) is 12.0. The topological polar surface area (TPSA) is 48.5 Å². The highest BCUT2D eigenvalue weighted by atomic mass is 15.3. The van der Waals surface area contributed by atoms with Crippen molar-refractivity contribution < 1.29 is 0 Å². The second kappa shape index (κ2) is 4.84. The quantitative estimate of drug-likeness (QED) is 0.737. The second-order valence-electron chi connectivity index (χ2n) is 5.67. The zero-order valence-corrected chi connectivity index (χ0v) is 12.0. The van der Waals surface area contributed by atoms with E-state index >= 15 is 0 Å². The molecule has 0 saturated carbocycles. The van der Waals surface area contributed by atoms with E-state index in [4.69, 9.17) is 0 Å². The Bertz CT molecular complexity index is 756. The molecule has 1 unspecified atom stereocenters. The van der Waals surface area contributed by atoms with Crippen LogP contribution >= 0.6 is 0 Å². The van der Waals surface area contributed by atoms with Crippen LogP contribution in [0.2, 0.25) is 0 Å². The molecular weight excluding hydrogens is 262 g/mol. The van der Waals surface area contributed by atoms with E-state index in [0.717, 1.165) is 36.9 Å². The molecule has 0 spiro atoms. The van der Waals surface area contributed by atoms with Gasteiger partial charge in [-0.2, -0.15) is 0 Å². The van der Waals surface area contributed by atoms with E-state index in [2.05, 4.69) is 50.1 Å². The molecule has 21 heavy (non-hydrogen) atoms. The van der Waals surface area contributed by atoms with Crippen LogP contribution in [0.15, 0.2) is 42.7 Å². The SMILES string of the molecule is Cn1ccnc1-c1nnc2n1CC(Cc1ccccc1)C2. The number of benzene rings is 1. The van der Waals surface area contributed by atoms with Gasteiger partial charge >= 0.3 is 0 Å². The van der Waals surface area contributed by atoms with Gasteiger partial charge in [0.2, 0.25) is 0 Å². The molecule has 1 aliphatic heterocycles. The fourth-order valence-electron chi connectivity index (χ4n) is 3.09. The van der Waals surface area contributed by atoms with Gasteiger partial charge in [-0.15, -0.1) is 10.2 Å². The summed E-state index contributed by atoms with van der Waals surface area (Å²) in [5.41, 5.74) is 1.39. The lowest BCUT2D eigenvalue weighted by atomic mass is 9.98. The zero-order chi connectivity index (χ0) is 14.2. The average molecular weight is 279 g/mol. The maximum Gasteiger partial charge on any atom is 0.200 e. The summed E-state index contributed by atoms with van der Waals surface area (Å²) in [6.45, 7) is 0.972. The van der Waals surface area contributed by atoms with Gasteiger partial charge in [-0.3, -0.25) is 0 Å². The molecule has 1 aliphatic rings. The molecule has 0 amide bonds. The maximum atomic E-state index is 4.38. The number of aryl methyl sites for hydroxylation is 1. The van der Waals surface area contributed by atoms with E-state index in [1.165, 1.54) is 5.56 Å². The van der Waals surface area contributed by atoms with Gasteiger partial charge in [0.15, 0.2) is 11.6 Å². The predicted molar refractivity (Wildman–Crippen MR) is 79.6 cm³/mol. The lowest BCUT2D eigenvalue weighted by molar-refractivity contribution is 0.507. The highest BCUT2D eigenvalue weighted by Gasteiger charge is 2.27. The molecule has 3 aromatic rings. The first-order chi connectivity index (χ1) is 10.3. The minimum absolute atomic E-state index is 0.594. The second-order valence-corrected chi connectivity index (χ2v) is 5.67. The Kier molecular flexibility index (Phi) is 2.84. The lowest BCUT2D eigenvalue weighted by Gasteiger charge is -2.09. The number of rotatable bonds is 3. The molecule has 3 heterocycles. The summed E-state index contributed by atoms with van der Waals surface area (Å²) < 4.78 is 4.21. The van der Waals surface area contributed by atoms with Gasteiger partial charge in [0.05, 0.1) is 0 Å².